The molecule has 7 nitrogen and oxygen atoms in total. The average molecular weight is 425 g/mol. The normalized spacial score (nSPS) is 14.0. The van der Waals surface area contributed by atoms with E-state index < -0.39 is 5.97 Å². The Morgan fingerprint density at radius 2 is 1.93 bits per heavy atom. The maximum absolute atomic E-state index is 13.1. The van der Waals surface area contributed by atoms with Gasteiger partial charge in [0.1, 0.15) is 17.0 Å². The number of carbonyl (C=O) groups is 2. The van der Waals surface area contributed by atoms with Gasteiger partial charge >= 0.3 is 5.97 Å². The third kappa shape index (κ3) is 3.87. The van der Waals surface area contributed by atoms with Gasteiger partial charge in [0.15, 0.2) is 0 Å². The van der Waals surface area contributed by atoms with Crippen molar-refractivity contribution >= 4 is 44.9 Å². The Labute approximate surface area is 179 Å². The van der Waals surface area contributed by atoms with E-state index in [0.29, 0.717) is 16.1 Å². The number of amides is 1. The smallest absolute Gasteiger partial charge is 0.340 e. The Hall–Kier alpha value is -3.00. The molecule has 156 valence electrons. The molecule has 8 heteroatoms. The number of fused-ring (bicyclic) bond motifs is 1. The largest absolute Gasteiger partial charge is 0.462 e. The van der Waals surface area contributed by atoms with Crippen LogP contribution in [-0.2, 0) is 4.74 Å². The molecule has 3 aromatic rings. The molecular weight excluding hydrogens is 400 g/mol. The standard InChI is InChI=1S/C22H24N4O3S/c1-3-29-22(28)15-9-5-6-10-16(15)25-20(27)18-14(2)17-19(23-13-24-21(17)30-18)26-11-7-4-8-12-26/h5-6,9-10,13H,3-4,7-8,11-12H2,1-2H3,(H,25,27). The van der Waals surface area contributed by atoms with Gasteiger partial charge < -0.3 is 15.0 Å². The lowest BCUT2D eigenvalue weighted by Gasteiger charge is -2.28. The van der Waals surface area contributed by atoms with Crippen LogP contribution in [0.15, 0.2) is 30.6 Å². The predicted octanol–water partition coefficient (Wildman–Crippen LogP) is 4.42. The molecule has 1 amide bonds. The van der Waals surface area contributed by atoms with Gasteiger partial charge in [0.2, 0.25) is 0 Å². The highest BCUT2D eigenvalue weighted by atomic mass is 32.1. The Morgan fingerprint density at radius 1 is 1.17 bits per heavy atom. The zero-order chi connectivity index (χ0) is 21.1. The highest BCUT2D eigenvalue weighted by molar-refractivity contribution is 7.20. The van der Waals surface area contributed by atoms with E-state index in [1.165, 1.54) is 17.8 Å². The molecular formula is C22H24N4O3S. The Kier molecular flexibility index (Phi) is 5.94. The second kappa shape index (κ2) is 8.79. The van der Waals surface area contributed by atoms with E-state index in [9.17, 15) is 9.59 Å². The van der Waals surface area contributed by atoms with Gasteiger partial charge in [0.25, 0.3) is 5.91 Å². The van der Waals surface area contributed by atoms with Crippen molar-refractivity contribution in [3.05, 3.63) is 46.6 Å². The number of ether oxygens (including phenoxy) is 1. The number of piperidine rings is 1. The number of para-hydroxylation sites is 1. The second-order valence-corrected chi connectivity index (χ2v) is 8.20. The monoisotopic (exact) mass is 424 g/mol. The molecule has 1 fully saturated rings. The molecule has 0 saturated carbocycles. The molecule has 1 aromatic carbocycles. The van der Waals surface area contributed by atoms with E-state index >= 15 is 0 Å². The van der Waals surface area contributed by atoms with Crippen molar-refractivity contribution < 1.29 is 14.3 Å². The van der Waals surface area contributed by atoms with Crippen LogP contribution < -0.4 is 10.2 Å². The van der Waals surface area contributed by atoms with Crippen molar-refractivity contribution in [2.24, 2.45) is 0 Å². The van der Waals surface area contributed by atoms with E-state index in [2.05, 4.69) is 20.2 Å². The summed E-state index contributed by atoms with van der Waals surface area (Å²) in [6.07, 6.45) is 5.10. The van der Waals surface area contributed by atoms with E-state index in [0.717, 1.165) is 47.5 Å². The summed E-state index contributed by atoms with van der Waals surface area (Å²) in [5.41, 5.74) is 1.63. The first-order valence-electron chi connectivity index (χ1n) is 10.2. The number of esters is 1. The molecule has 0 aliphatic carbocycles. The molecule has 1 aliphatic heterocycles. The van der Waals surface area contributed by atoms with Crippen LogP contribution >= 0.6 is 11.3 Å². The highest BCUT2D eigenvalue weighted by Crippen LogP contribution is 2.36. The van der Waals surface area contributed by atoms with Gasteiger partial charge in [-0.2, -0.15) is 0 Å². The SMILES string of the molecule is CCOC(=O)c1ccccc1NC(=O)c1sc2ncnc(N3CCCCC3)c2c1C. The lowest BCUT2D eigenvalue weighted by atomic mass is 10.1. The molecule has 4 rings (SSSR count). The quantitative estimate of drug-likeness (QED) is 0.611. The number of aryl methyl sites for hydroxylation is 1. The van der Waals surface area contributed by atoms with Crippen LogP contribution in [0, 0.1) is 6.92 Å². The van der Waals surface area contributed by atoms with Crippen LogP contribution in [0.5, 0.6) is 0 Å². The Balaban J connectivity index is 1.67. The number of benzene rings is 1. The minimum atomic E-state index is -0.459. The summed E-state index contributed by atoms with van der Waals surface area (Å²) in [5.74, 6) is 0.177. The van der Waals surface area contributed by atoms with E-state index in [1.807, 2.05) is 6.92 Å². The Morgan fingerprint density at radius 3 is 2.70 bits per heavy atom. The van der Waals surface area contributed by atoms with Gasteiger partial charge in [-0.15, -0.1) is 11.3 Å². The fraction of sp³-hybridized carbons (Fsp3) is 0.364. The third-order valence-electron chi connectivity index (χ3n) is 5.24. The first kappa shape index (κ1) is 20.3. The number of nitrogens with one attached hydrogen (secondary N) is 1. The van der Waals surface area contributed by atoms with Crippen LogP contribution in [0.1, 0.15) is 51.8 Å². The lowest BCUT2D eigenvalue weighted by molar-refractivity contribution is 0.0527. The van der Waals surface area contributed by atoms with Gasteiger partial charge in [0, 0.05) is 13.1 Å². The van der Waals surface area contributed by atoms with Crippen LogP contribution in [0.4, 0.5) is 11.5 Å². The Bertz CT molecular complexity index is 1090. The number of hydrogen-bond donors (Lipinski definition) is 1. The average Bonchev–Trinajstić information content (AvgIpc) is 3.12. The summed E-state index contributed by atoms with van der Waals surface area (Å²) in [4.78, 5) is 37.9. The number of carbonyl (C=O) groups excluding carboxylic acids is 2. The molecule has 1 N–H and O–H groups in total. The van der Waals surface area contributed by atoms with Crippen molar-refractivity contribution in [2.45, 2.75) is 33.1 Å². The molecule has 3 heterocycles. The zero-order valence-electron chi connectivity index (χ0n) is 17.1. The summed E-state index contributed by atoms with van der Waals surface area (Å²) < 4.78 is 5.10. The number of rotatable bonds is 5. The minimum absolute atomic E-state index is 0.267. The molecule has 2 aromatic heterocycles. The maximum atomic E-state index is 13.1. The number of anilines is 2. The molecule has 0 unspecified atom stereocenters. The second-order valence-electron chi connectivity index (χ2n) is 7.20. The van der Waals surface area contributed by atoms with Crippen molar-refractivity contribution in [1.82, 2.24) is 9.97 Å². The molecule has 1 aliphatic rings. The molecule has 0 spiro atoms. The van der Waals surface area contributed by atoms with Crippen molar-refractivity contribution in [3.8, 4) is 0 Å². The summed E-state index contributed by atoms with van der Waals surface area (Å²) in [6.45, 7) is 5.89. The summed E-state index contributed by atoms with van der Waals surface area (Å²) in [6, 6.07) is 6.86. The van der Waals surface area contributed by atoms with E-state index in [4.69, 9.17) is 4.74 Å². The molecule has 0 atom stereocenters. The summed E-state index contributed by atoms with van der Waals surface area (Å²) in [7, 11) is 0. The predicted molar refractivity (Wildman–Crippen MR) is 119 cm³/mol. The first-order valence-corrected chi connectivity index (χ1v) is 11.0. The van der Waals surface area contributed by atoms with Crippen LogP contribution in [0.25, 0.3) is 10.2 Å². The van der Waals surface area contributed by atoms with Gasteiger partial charge in [-0.1, -0.05) is 12.1 Å². The first-order chi connectivity index (χ1) is 14.6. The topological polar surface area (TPSA) is 84.4 Å². The highest BCUT2D eigenvalue weighted by Gasteiger charge is 2.24. The van der Waals surface area contributed by atoms with Crippen LogP contribution in [0.2, 0.25) is 0 Å². The van der Waals surface area contributed by atoms with Gasteiger partial charge in [-0.3, -0.25) is 4.79 Å². The van der Waals surface area contributed by atoms with Gasteiger partial charge in [0.05, 0.1) is 28.1 Å². The van der Waals surface area contributed by atoms with Gasteiger partial charge in [-0.05, 0) is 50.8 Å². The molecule has 0 bridgehead atoms. The number of hydrogen-bond acceptors (Lipinski definition) is 7. The fourth-order valence-corrected chi connectivity index (χ4v) is 4.81. The van der Waals surface area contributed by atoms with Crippen molar-refractivity contribution in [3.63, 3.8) is 0 Å². The third-order valence-corrected chi connectivity index (χ3v) is 6.44. The fourth-order valence-electron chi connectivity index (χ4n) is 3.77. The number of thiophene rings is 1. The zero-order valence-corrected chi connectivity index (χ0v) is 17.9. The van der Waals surface area contributed by atoms with E-state index in [-0.39, 0.29) is 12.5 Å². The van der Waals surface area contributed by atoms with Crippen molar-refractivity contribution in [2.75, 3.05) is 29.9 Å². The summed E-state index contributed by atoms with van der Waals surface area (Å²) in [5, 5.41) is 3.81. The minimum Gasteiger partial charge on any atom is -0.462 e. The van der Waals surface area contributed by atoms with Gasteiger partial charge in [-0.25, -0.2) is 14.8 Å². The molecule has 1 saturated heterocycles. The molecule has 30 heavy (non-hydrogen) atoms. The maximum Gasteiger partial charge on any atom is 0.340 e. The number of nitrogens with zero attached hydrogens (tertiary/aromatic N) is 3. The lowest BCUT2D eigenvalue weighted by Crippen LogP contribution is -2.30. The number of aromatic nitrogens is 2. The van der Waals surface area contributed by atoms with E-state index in [1.54, 1.807) is 37.5 Å². The van der Waals surface area contributed by atoms with Crippen LogP contribution in [0.3, 0.4) is 0 Å². The van der Waals surface area contributed by atoms with Crippen LogP contribution in [-0.4, -0.2) is 41.5 Å². The molecule has 0 radical (unpaired) electrons. The van der Waals surface area contributed by atoms with Crippen molar-refractivity contribution in [1.29, 1.82) is 0 Å². The summed E-state index contributed by atoms with van der Waals surface area (Å²) >= 11 is 1.35.